The zero-order chi connectivity index (χ0) is 38.9. The molecule has 0 fully saturated rings. The van der Waals surface area contributed by atoms with E-state index in [4.69, 9.17) is 14.8 Å². The summed E-state index contributed by atoms with van der Waals surface area (Å²) in [6, 6.07) is -0.899. The molecule has 0 aromatic heterocycles. The summed E-state index contributed by atoms with van der Waals surface area (Å²) in [6.07, 6.45) is 52.0. The van der Waals surface area contributed by atoms with Gasteiger partial charge in [0.15, 0.2) is 0 Å². The van der Waals surface area contributed by atoms with Crippen molar-refractivity contribution in [1.82, 2.24) is 5.32 Å². The molecule has 0 aliphatic carbocycles. The summed E-state index contributed by atoms with van der Waals surface area (Å²) >= 11 is 0. The average Bonchev–Trinajstić information content (AvgIpc) is 3.14. The molecule has 0 spiro atoms. The maximum atomic E-state index is 12.7. The van der Waals surface area contributed by atoms with Gasteiger partial charge >= 0.3 is 7.82 Å². The second-order valence-corrected chi connectivity index (χ2v) is 14.9. The quantitative estimate of drug-likeness (QED) is 0.0282. The molecule has 0 aliphatic heterocycles. The molecule has 0 aromatic rings. The third-order valence-corrected chi connectivity index (χ3v) is 9.44. The monoisotopic (exact) mass is 761 g/mol. The van der Waals surface area contributed by atoms with Gasteiger partial charge in [0.25, 0.3) is 0 Å². The Kier molecular flexibility index (Phi) is 37.7. The number of phosphoric ester groups is 1. The topological polar surface area (TPSA) is 131 Å². The van der Waals surface area contributed by atoms with Gasteiger partial charge in [-0.05, 0) is 77.0 Å². The summed E-state index contributed by atoms with van der Waals surface area (Å²) < 4.78 is 22.1. The highest BCUT2D eigenvalue weighted by molar-refractivity contribution is 7.47. The van der Waals surface area contributed by atoms with Gasteiger partial charge in [-0.25, -0.2) is 4.57 Å². The Bertz CT molecular complexity index is 1100. The molecule has 53 heavy (non-hydrogen) atoms. The number of phosphoric acid groups is 1. The number of amides is 1. The fraction of sp³-hybridized carbons (Fsp3) is 0.659. The predicted octanol–water partition coefficient (Wildman–Crippen LogP) is 11.4. The van der Waals surface area contributed by atoms with Crippen LogP contribution in [-0.4, -0.2) is 47.8 Å². The molecule has 3 atom stereocenters. The lowest BCUT2D eigenvalue weighted by molar-refractivity contribution is -0.123. The zero-order valence-electron chi connectivity index (χ0n) is 33.5. The number of unbranched alkanes of at least 4 members (excludes halogenated alkanes) is 13. The Hall–Kier alpha value is -2.32. The van der Waals surface area contributed by atoms with E-state index in [0.717, 1.165) is 70.6 Å². The fourth-order valence-corrected chi connectivity index (χ4v) is 6.11. The van der Waals surface area contributed by atoms with Gasteiger partial charge in [0.2, 0.25) is 5.91 Å². The van der Waals surface area contributed by atoms with Crippen molar-refractivity contribution in [3.8, 4) is 0 Å². The molecule has 0 heterocycles. The van der Waals surface area contributed by atoms with E-state index in [1.54, 1.807) is 6.08 Å². The van der Waals surface area contributed by atoms with Crippen LogP contribution >= 0.6 is 7.82 Å². The van der Waals surface area contributed by atoms with E-state index in [2.05, 4.69) is 92.1 Å². The summed E-state index contributed by atoms with van der Waals surface area (Å²) in [5.41, 5.74) is 5.36. The number of aliphatic hydroxyl groups is 1. The Morgan fingerprint density at radius 1 is 0.642 bits per heavy atom. The lowest BCUT2D eigenvalue weighted by Crippen LogP contribution is -2.45. The number of hydrogen-bond donors (Lipinski definition) is 4. The van der Waals surface area contributed by atoms with Crippen LogP contribution in [-0.2, 0) is 18.4 Å². The molecule has 0 saturated heterocycles. The van der Waals surface area contributed by atoms with Crippen LogP contribution in [0.5, 0.6) is 0 Å². The summed E-state index contributed by atoms with van der Waals surface area (Å²) in [7, 11) is -4.36. The lowest BCUT2D eigenvalue weighted by atomic mass is 10.1. The van der Waals surface area contributed by atoms with E-state index in [-0.39, 0.29) is 25.7 Å². The van der Waals surface area contributed by atoms with Crippen molar-refractivity contribution in [3.05, 3.63) is 85.1 Å². The first-order valence-electron chi connectivity index (χ1n) is 20.7. The van der Waals surface area contributed by atoms with Gasteiger partial charge in [0, 0.05) is 13.0 Å². The molecule has 0 aromatic carbocycles. The number of carbonyl (C=O) groups is 1. The maximum absolute atomic E-state index is 12.7. The molecule has 0 bridgehead atoms. The van der Waals surface area contributed by atoms with Crippen LogP contribution in [0.1, 0.15) is 155 Å². The highest BCUT2D eigenvalue weighted by Crippen LogP contribution is 2.43. The molecular weight excluding hydrogens is 683 g/mol. The van der Waals surface area contributed by atoms with Gasteiger partial charge in [-0.2, -0.15) is 0 Å². The van der Waals surface area contributed by atoms with Crippen LogP contribution in [0.25, 0.3) is 0 Å². The van der Waals surface area contributed by atoms with Crippen molar-refractivity contribution in [1.29, 1.82) is 0 Å². The molecular formula is C44H77N2O6P. The lowest BCUT2D eigenvalue weighted by Gasteiger charge is -2.23. The number of allylic oxidation sites excluding steroid dienone is 13. The summed E-state index contributed by atoms with van der Waals surface area (Å²) in [5.74, 6) is -0.240. The van der Waals surface area contributed by atoms with Gasteiger partial charge in [-0.3, -0.25) is 13.8 Å². The highest BCUT2D eigenvalue weighted by Gasteiger charge is 2.26. The minimum atomic E-state index is -4.36. The van der Waals surface area contributed by atoms with Gasteiger partial charge in [0.1, 0.15) is 0 Å². The van der Waals surface area contributed by atoms with Crippen molar-refractivity contribution < 1.29 is 28.4 Å². The minimum Gasteiger partial charge on any atom is -0.387 e. The molecule has 8 nitrogen and oxygen atoms in total. The van der Waals surface area contributed by atoms with Gasteiger partial charge in [-0.15, -0.1) is 0 Å². The third-order valence-electron chi connectivity index (χ3n) is 8.45. The maximum Gasteiger partial charge on any atom is 0.472 e. The normalized spacial score (nSPS) is 15.0. The van der Waals surface area contributed by atoms with E-state index in [1.807, 2.05) is 6.08 Å². The summed E-state index contributed by atoms with van der Waals surface area (Å²) in [5, 5.41) is 13.6. The number of hydrogen-bond acceptors (Lipinski definition) is 6. The van der Waals surface area contributed by atoms with E-state index in [1.165, 1.54) is 57.8 Å². The van der Waals surface area contributed by atoms with Crippen molar-refractivity contribution in [2.45, 2.75) is 167 Å². The largest absolute Gasteiger partial charge is 0.472 e. The molecule has 0 rings (SSSR count). The summed E-state index contributed by atoms with van der Waals surface area (Å²) in [4.78, 5) is 22.7. The first kappa shape index (κ1) is 50.7. The average molecular weight is 761 g/mol. The van der Waals surface area contributed by atoms with Crippen LogP contribution in [0.4, 0.5) is 0 Å². The van der Waals surface area contributed by atoms with Crippen molar-refractivity contribution in [3.63, 3.8) is 0 Å². The Balaban J connectivity index is 4.40. The molecule has 0 radical (unpaired) electrons. The molecule has 304 valence electrons. The number of carbonyl (C=O) groups excluding carboxylic acids is 1. The molecule has 3 unspecified atom stereocenters. The number of rotatable bonds is 37. The van der Waals surface area contributed by atoms with Crippen molar-refractivity contribution in [2.75, 3.05) is 19.8 Å². The first-order chi connectivity index (χ1) is 25.9. The van der Waals surface area contributed by atoms with Crippen LogP contribution in [0.15, 0.2) is 85.1 Å². The predicted molar refractivity (Wildman–Crippen MR) is 226 cm³/mol. The van der Waals surface area contributed by atoms with Crippen LogP contribution < -0.4 is 11.1 Å². The van der Waals surface area contributed by atoms with Crippen molar-refractivity contribution in [2.24, 2.45) is 5.73 Å². The molecule has 5 N–H and O–H groups in total. The first-order valence-corrected chi connectivity index (χ1v) is 22.2. The van der Waals surface area contributed by atoms with Crippen LogP contribution in [0.3, 0.4) is 0 Å². The Labute approximate surface area is 324 Å². The number of aliphatic hydroxyl groups excluding tert-OH is 1. The SMILES string of the molecule is CC/C=C\C/C=C\C/C=C\C/C=C\C/C=C\CCCCCC(=O)NC(COP(=O)(O)OCCN)C(O)/C=C/CC/C=C/CCCCCCCCCCC. The highest BCUT2D eigenvalue weighted by atomic mass is 31.2. The number of nitrogens with one attached hydrogen (secondary N) is 1. The third kappa shape index (κ3) is 37.8. The fourth-order valence-electron chi connectivity index (χ4n) is 5.35. The zero-order valence-corrected chi connectivity index (χ0v) is 34.4. The van der Waals surface area contributed by atoms with Crippen LogP contribution in [0, 0.1) is 0 Å². The standard InChI is InChI=1S/C44H77N2O6P/c1-3-5-7-9-11-13-15-17-19-20-21-22-24-26-28-30-32-34-36-38-44(48)46-42(41-52-53(49,50)51-40-39-45)43(47)37-35-33-31-29-27-25-23-18-16-14-12-10-8-6-4-2/h5,7,11,13,17,19,21-22,26-29,35,37,42-43,47H,3-4,6,8-10,12,14-16,18,20,23-25,30-34,36,38-41,45H2,1-2H3,(H,46,48)(H,49,50)/b7-5-,13-11-,19-17-,22-21-,28-26-,29-27+,37-35+. The second kappa shape index (κ2) is 39.4. The van der Waals surface area contributed by atoms with Gasteiger partial charge < -0.3 is 21.1 Å². The molecule has 0 aliphatic rings. The van der Waals surface area contributed by atoms with Gasteiger partial charge in [0.05, 0.1) is 25.4 Å². The van der Waals surface area contributed by atoms with Crippen LogP contribution in [0.2, 0.25) is 0 Å². The van der Waals surface area contributed by atoms with E-state index < -0.39 is 20.0 Å². The minimum absolute atomic E-state index is 0.0636. The second-order valence-electron chi connectivity index (χ2n) is 13.5. The molecule has 9 heteroatoms. The smallest absolute Gasteiger partial charge is 0.387 e. The molecule has 0 saturated carbocycles. The Morgan fingerprint density at radius 3 is 1.68 bits per heavy atom. The van der Waals surface area contributed by atoms with Gasteiger partial charge in [-0.1, -0.05) is 157 Å². The molecule has 1 amide bonds. The van der Waals surface area contributed by atoms with E-state index in [0.29, 0.717) is 12.8 Å². The van der Waals surface area contributed by atoms with E-state index in [9.17, 15) is 19.4 Å². The number of nitrogens with two attached hydrogens (primary N) is 1. The van der Waals surface area contributed by atoms with E-state index >= 15 is 0 Å². The summed E-state index contributed by atoms with van der Waals surface area (Å²) in [6.45, 7) is 3.94. The Morgan fingerprint density at radius 2 is 1.11 bits per heavy atom. The van der Waals surface area contributed by atoms with Crippen molar-refractivity contribution >= 4 is 13.7 Å².